The fraction of sp³-hybridized carbons (Fsp3) is 0.269. The molecule has 3 N–H and O–H groups in total. The largest absolute Gasteiger partial charge is 0.393 e. The number of aromatic nitrogens is 3. The van der Waals surface area contributed by atoms with Crippen LogP contribution in [0.25, 0.3) is 16.9 Å². The van der Waals surface area contributed by atoms with E-state index >= 15 is 0 Å². The van der Waals surface area contributed by atoms with Gasteiger partial charge in [0.2, 0.25) is 0 Å². The Morgan fingerprint density at radius 1 is 1.12 bits per heavy atom. The van der Waals surface area contributed by atoms with E-state index in [2.05, 4.69) is 15.4 Å². The average molecular weight is 443 g/mol. The van der Waals surface area contributed by atoms with Gasteiger partial charge in [-0.3, -0.25) is 4.79 Å². The second-order valence-electron chi connectivity index (χ2n) is 8.82. The number of carbonyl (C=O) groups excluding carboxylic acids is 1. The molecule has 2 aromatic carbocycles. The molecule has 0 saturated heterocycles. The minimum Gasteiger partial charge on any atom is -0.393 e. The highest BCUT2D eigenvalue weighted by Crippen LogP contribution is 2.40. The normalized spacial score (nSPS) is 15.4. The molecule has 0 spiro atoms. The Balaban J connectivity index is 1.41. The van der Waals surface area contributed by atoms with Gasteiger partial charge < -0.3 is 15.5 Å². The molecule has 0 bridgehead atoms. The van der Waals surface area contributed by atoms with E-state index in [0.717, 1.165) is 29.8 Å². The van der Waals surface area contributed by atoms with Crippen LogP contribution < -0.4 is 5.32 Å². The van der Waals surface area contributed by atoms with Crippen molar-refractivity contribution >= 4 is 17.4 Å². The van der Waals surface area contributed by atoms with Gasteiger partial charge in [0, 0.05) is 23.3 Å². The Morgan fingerprint density at radius 3 is 2.52 bits per heavy atom. The summed E-state index contributed by atoms with van der Waals surface area (Å²) in [6.07, 6.45) is 2.70. The van der Waals surface area contributed by atoms with Gasteiger partial charge in [0.15, 0.2) is 5.65 Å². The van der Waals surface area contributed by atoms with Gasteiger partial charge in [0.25, 0.3) is 5.91 Å². The van der Waals surface area contributed by atoms with E-state index in [0.29, 0.717) is 34.9 Å². The molecule has 0 radical (unpaired) electrons. The number of aryl methyl sites for hydroxylation is 1. The summed E-state index contributed by atoms with van der Waals surface area (Å²) in [4.78, 5) is 17.5. The van der Waals surface area contributed by atoms with E-state index in [1.54, 1.807) is 34.8 Å². The SMILES string of the molecule is Cc1cc2nc(NC(=O)c3ccc(C(O)(CO)CC4CC4)cc3)cc(-c3ccccc3)n2n1. The molecule has 33 heavy (non-hydrogen) atoms. The van der Waals surface area contributed by atoms with Crippen molar-refractivity contribution < 1.29 is 15.0 Å². The lowest BCUT2D eigenvalue weighted by Crippen LogP contribution is -2.31. The lowest BCUT2D eigenvalue weighted by molar-refractivity contribution is -0.0305. The van der Waals surface area contributed by atoms with Crippen LogP contribution in [0.15, 0.2) is 66.7 Å². The van der Waals surface area contributed by atoms with Gasteiger partial charge in [-0.1, -0.05) is 55.3 Å². The molecular formula is C26H26N4O3. The number of aliphatic hydroxyl groups is 2. The Bertz CT molecular complexity index is 1300. The number of aliphatic hydroxyl groups excluding tert-OH is 1. The lowest BCUT2D eigenvalue weighted by Gasteiger charge is -2.26. The van der Waals surface area contributed by atoms with Crippen LogP contribution in [-0.4, -0.2) is 37.3 Å². The van der Waals surface area contributed by atoms with Gasteiger partial charge in [0.05, 0.1) is 18.0 Å². The Labute approximate surface area is 191 Å². The van der Waals surface area contributed by atoms with Gasteiger partial charge >= 0.3 is 0 Å². The minimum atomic E-state index is -1.27. The van der Waals surface area contributed by atoms with Crippen LogP contribution in [-0.2, 0) is 5.60 Å². The predicted molar refractivity (Wildman–Crippen MR) is 126 cm³/mol. The summed E-state index contributed by atoms with van der Waals surface area (Å²) < 4.78 is 1.77. The Morgan fingerprint density at radius 2 is 1.85 bits per heavy atom. The summed E-state index contributed by atoms with van der Waals surface area (Å²) in [7, 11) is 0. The van der Waals surface area contributed by atoms with E-state index in [1.165, 1.54) is 0 Å². The second-order valence-corrected chi connectivity index (χ2v) is 8.82. The fourth-order valence-corrected chi connectivity index (χ4v) is 4.16. The average Bonchev–Trinajstić information content (AvgIpc) is 3.56. The van der Waals surface area contributed by atoms with Crippen molar-refractivity contribution in [2.24, 2.45) is 5.92 Å². The first-order chi connectivity index (χ1) is 15.9. The maximum atomic E-state index is 12.9. The molecule has 1 aliphatic carbocycles. The molecule has 2 heterocycles. The van der Waals surface area contributed by atoms with E-state index in [1.807, 2.05) is 43.3 Å². The van der Waals surface area contributed by atoms with Gasteiger partial charge in [-0.2, -0.15) is 5.10 Å². The minimum absolute atomic E-state index is 0.302. The van der Waals surface area contributed by atoms with E-state index in [9.17, 15) is 15.0 Å². The van der Waals surface area contributed by atoms with Gasteiger partial charge in [-0.05, 0) is 37.0 Å². The Kier molecular flexibility index (Phi) is 5.44. The number of hydrogen-bond donors (Lipinski definition) is 3. The number of carbonyl (C=O) groups is 1. The highest BCUT2D eigenvalue weighted by atomic mass is 16.3. The topological polar surface area (TPSA) is 99.8 Å². The molecule has 0 aliphatic heterocycles. The zero-order valence-electron chi connectivity index (χ0n) is 18.4. The van der Waals surface area contributed by atoms with Crippen molar-refractivity contribution in [3.63, 3.8) is 0 Å². The summed E-state index contributed by atoms with van der Waals surface area (Å²) in [5.41, 5.74) is 3.06. The van der Waals surface area contributed by atoms with Crippen LogP contribution in [0.2, 0.25) is 0 Å². The quantitative estimate of drug-likeness (QED) is 0.403. The maximum Gasteiger partial charge on any atom is 0.256 e. The standard InChI is InChI=1S/C26H26N4O3/c1-17-13-24-27-23(14-22(30(24)29-17)19-5-3-2-4-6-19)28-25(32)20-9-11-21(12-10-20)26(33,16-31)15-18-7-8-18/h2-6,9-14,18,31,33H,7-8,15-16H2,1H3,(H,27,28,32). The van der Waals surface area contributed by atoms with Gasteiger partial charge in [0.1, 0.15) is 11.4 Å². The summed E-state index contributed by atoms with van der Waals surface area (Å²) in [5.74, 6) is 0.580. The van der Waals surface area contributed by atoms with E-state index in [-0.39, 0.29) is 12.5 Å². The van der Waals surface area contributed by atoms with Crippen LogP contribution in [0.1, 0.15) is 40.9 Å². The van der Waals surface area contributed by atoms with Gasteiger partial charge in [-0.15, -0.1) is 0 Å². The molecule has 1 atom stereocenters. The monoisotopic (exact) mass is 442 g/mol. The summed E-state index contributed by atoms with van der Waals surface area (Å²) in [5, 5.41) is 28.0. The fourth-order valence-electron chi connectivity index (χ4n) is 4.16. The van der Waals surface area contributed by atoms with Crippen molar-refractivity contribution in [1.29, 1.82) is 0 Å². The highest BCUT2D eigenvalue weighted by molar-refractivity contribution is 6.04. The molecule has 1 saturated carbocycles. The summed E-state index contributed by atoms with van der Waals surface area (Å²) in [6.45, 7) is 1.56. The highest BCUT2D eigenvalue weighted by Gasteiger charge is 2.36. The molecule has 1 unspecified atom stereocenters. The molecule has 4 aromatic rings. The number of hydrogen-bond acceptors (Lipinski definition) is 5. The smallest absolute Gasteiger partial charge is 0.256 e. The second kappa shape index (κ2) is 8.42. The van der Waals surface area contributed by atoms with E-state index < -0.39 is 5.60 Å². The van der Waals surface area contributed by atoms with Crippen molar-refractivity contribution in [1.82, 2.24) is 14.6 Å². The molecule has 1 fully saturated rings. The van der Waals surface area contributed by atoms with Crippen LogP contribution in [0, 0.1) is 12.8 Å². The van der Waals surface area contributed by atoms with E-state index in [4.69, 9.17) is 0 Å². The summed E-state index contributed by atoms with van der Waals surface area (Å²) in [6, 6.07) is 20.2. The molecule has 2 aromatic heterocycles. The zero-order valence-corrected chi connectivity index (χ0v) is 18.4. The van der Waals surface area contributed by atoms with Crippen molar-refractivity contribution in [2.45, 2.75) is 31.8 Å². The number of fused-ring (bicyclic) bond motifs is 1. The molecule has 1 aliphatic rings. The third-order valence-corrected chi connectivity index (χ3v) is 6.13. The first-order valence-electron chi connectivity index (χ1n) is 11.1. The number of anilines is 1. The first kappa shape index (κ1) is 21.3. The summed E-state index contributed by atoms with van der Waals surface area (Å²) >= 11 is 0. The number of amides is 1. The van der Waals surface area contributed by atoms with Crippen molar-refractivity contribution in [3.8, 4) is 11.3 Å². The predicted octanol–water partition coefficient (Wildman–Crippen LogP) is 3.94. The van der Waals surface area contributed by atoms with Crippen molar-refractivity contribution in [2.75, 3.05) is 11.9 Å². The molecule has 1 amide bonds. The Hall–Kier alpha value is -3.55. The third kappa shape index (κ3) is 4.37. The van der Waals surface area contributed by atoms with Gasteiger partial charge in [-0.25, -0.2) is 9.50 Å². The maximum absolute atomic E-state index is 12.9. The van der Waals surface area contributed by atoms with Crippen molar-refractivity contribution in [3.05, 3.63) is 83.6 Å². The molecule has 168 valence electrons. The lowest BCUT2D eigenvalue weighted by atomic mass is 9.88. The van der Waals surface area contributed by atoms with Crippen LogP contribution in [0.4, 0.5) is 5.82 Å². The molecular weight excluding hydrogens is 416 g/mol. The van der Waals surface area contributed by atoms with Crippen LogP contribution in [0.5, 0.6) is 0 Å². The molecule has 7 nitrogen and oxygen atoms in total. The number of nitrogens with zero attached hydrogens (tertiary/aromatic N) is 3. The van der Waals surface area contributed by atoms with Crippen LogP contribution in [0.3, 0.4) is 0 Å². The first-order valence-corrected chi connectivity index (χ1v) is 11.1. The van der Waals surface area contributed by atoms with Crippen LogP contribution >= 0.6 is 0 Å². The number of rotatable bonds is 7. The molecule has 7 heteroatoms. The number of benzene rings is 2. The molecule has 5 rings (SSSR count). The zero-order chi connectivity index (χ0) is 23.0. The third-order valence-electron chi connectivity index (χ3n) is 6.13. The number of nitrogens with one attached hydrogen (secondary N) is 1.